The first kappa shape index (κ1) is 25.7. The molecule has 3 saturated carbocycles. The maximum Gasteiger partial charge on any atom is 0.306 e. The number of ketones is 2. The van der Waals surface area contributed by atoms with Crippen LogP contribution in [0.5, 0.6) is 0 Å². The summed E-state index contributed by atoms with van der Waals surface area (Å²) in [7, 11) is 0. The maximum atomic E-state index is 17.1. The van der Waals surface area contributed by atoms with Crippen LogP contribution in [-0.2, 0) is 23.9 Å². The summed E-state index contributed by atoms with van der Waals surface area (Å²) in [5.41, 5.74) is -5.71. The van der Waals surface area contributed by atoms with Gasteiger partial charge in [-0.2, -0.15) is 0 Å². The summed E-state index contributed by atoms with van der Waals surface area (Å²) in [5.74, 6) is -4.63. The van der Waals surface area contributed by atoms with Gasteiger partial charge in [0.2, 0.25) is 5.78 Å². The van der Waals surface area contributed by atoms with E-state index in [0.717, 1.165) is 0 Å². The van der Waals surface area contributed by atoms with E-state index in [2.05, 4.69) is 0 Å². The monoisotopic (exact) mass is 492 g/mol. The van der Waals surface area contributed by atoms with Gasteiger partial charge in [0.25, 0.3) is 0 Å². The van der Waals surface area contributed by atoms with Crippen molar-refractivity contribution >= 4 is 23.5 Å². The van der Waals surface area contributed by atoms with Crippen LogP contribution in [0.3, 0.4) is 0 Å². The Bertz CT molecular complexity index is 1030. The van der Waals surface area contributed by atoms with Crippen molar-refractivity contribution in [3.63, 3.8) is 0 Å². The second kappa shape index (κ2) is 8.34. The van der Waals surface area contributed by atoms with E-state index >= 15 is 4.39 Å². The topological polar surface area (TPSA) is 138 Å². The van der Waals surface area contributed by atoms with E-state index in [9.17, 15) is 29.4 Å². The average molecular weight is 493 g/mol. The van der Waals surface area contributed by atoms with Crippen molar-refractivity contribution in [2.45, 2.75) is 76.7 Å². The minimum absolute atomic E-state index is 0.172. The molecule has 3 fully saturated rings. The highest BCUT2D eigenvalue weighted by Gasteiger charge is 2.75. The van der Waals surface area contributed by atoms with Gasteiger partial charge in [-0.05, 0) is 56.6 Å². The zero-order chi connectivity index (χ0) is 26.0. The van der Waals surface area contributed by atoms with Gasteiger partial charge in [-0.15, -0.1) is 0 Å². The molecule has 3 N–H and O–H groups in total. The van der Waals surface area contributed by atoms with Crippen LogP contribution in [0.15, 0.2) is 23.8 Å². The lowest BCUT2D eigenvalue weighted by atomic mass is 9.44. The Labute approximate surface area is 203 Å². The molecule has 0 spiro atoms. The number of carbonyl (C=O) groups excluding carboxylic acids is 3. The van der Waals surface area contributed by atoms with Gasteiger partial charge in [-0.25, -0.2) is 4.39 Å². The number of carbonyl (C=O) groups is 4. The number of carboxylic acids is 1. The summed E-state index contributed by atoms with van der Waals surface area (Å²) in [4.78, 5) is 47.7. The Kier molecular flexibility index (Phi) is 6.12. The first-order valence-corrected chi connectivity index (χ1v) is 12.2. The Morgan fingerprint density at radius 1 is 1.20 bits per heavy atom. The molecular weight excluding hydrogens is 459 g/mol. The number of esters is 1. The van der Waals surface area contributed by atoms with E-state index in [4.69, 9.17) is 9.84 Å². The van der Waals surface area contributed by atoms with Crippen LogP contribution in [-0.4, -0.2) is 62.8 Å². The zero-order valence-electron chi connectivity index (χ0n) is 20.3. The Hall–Kier alpha value is -2.39. The number of fused-ring (bicyclic) bond motifs is 5. The molecule has 0 aromatic heterocycles. The van der Waals surface area contributed by atoms with Gasteiger partial charge in [0.15, 0.2) is 18.1 Å². The van der Waals surface area contributed by atoms with Crippen LogP contribution < -0.4 is 0 Å². The number of hydrogen-bond donors (Lipinski definition) is 3. The van der Waals surface area contributed by atoms with Crippen LogP contribution >= 0.6 is 0 Å². The fourth-order valence-electron chi connectivity index (χ4n) is 7.68. The molecule has 8 atom stereocenters. The van der Waals surface area contributed by atoms with Crippen molar-refractivity contribution < 1.29 is 43.6 Å². The van der Waals surface area contributed by atoms with Gasteiger partial charge in [0.1, 0.15) is 5.60 Å². The van der Waals surface area contributed by atoms with Gasteiger partial charge < -0.3 is 20.1 Å². The van der Waals surface area contributed by atoms with Crippen molar-refractivity contribution in [3.05, 3.63) is 23.8 Å². The van der Waals surface area contributed by atoms with Crippen molar-refractivity contribution in [2.24, 2.45) is 28.6 Å². The molecule has 4 rings (SSSR count). The number of carboxylic acid groups (broad SMARTS) is 1. The molecule has 192 valence electrons. The number of rotatable bonds is 6. The normalized spacial score (nSPS) is 44.1. The van der Waals surface area contributed by atoms with Crippen LogP contribution in [0.25, 0.3) is 0 Å². The first-order valence-electron chi connectivity index (χ1n) is 12.2. The second-order valence-corrected chi connectivity index (χ2v) is 11.1. The third-order valence-corrected chi connectivity index (χ3v) is 9.55. The molecule has 4 aliphatic carbocycles. The lowest BCUT2D eigenvalue weighted by Gasteiger charge is -2.62. The Balaban J connectivity index is 1.62. The highest BCUT2D eigenvalue weighted by molar-refractivity contribution is 6.01. The SMILES string of the molecule is CC1CC2C3CCC4=CC(=O)C=CC4(C)C3(F)C(O)CC2(C)C1(O)C(=O)COC(=O)CCC(=O)O. The quantitative estimate of drug-likeness (QED) is 0.480. The predicted octanol–water partition coefficient (Wildman–Crippen LogP) is 2.31. The fourth-order valence-corrected chi connectivity index (χ4v) is 7.68. The highest BCUT2D eigenvalue weighted by atomic mass is 19.1. The van der Waals surface area contributed by atoms with Gasteiger partial charge in [-0.3, -0.25) is 19.2 Å². The summed E-state index contributed by atoms with van der Waals surface area (Å²) in [5, 5.41) is 31.8. The molecule has 8 unspecified atom stereocenters. The number of halogens is 1. The summed E-state index contributed by atoms with van der Waals surface area (Å²) in [6.07, 6.45) is 3.04. The minimum atomic E-state index is -2.07. The van der Waals surface area contributed by atoms with Crippen LogP contribution in [0.1, 0.15) is 59.3 Å². The van der Waals surface area contributed by atoms with E-state index in [1.807, 2.05) is 0 Å². The molecule has 35 heavy (non-hydrogen) atoms. The number of aliphatic carboxylic acids is 1. The molecule has 0 aromatic rings. The molecule has 0 amide bonds. The lowest BCUT2D eigenvalue weighted by Crippen LogP contribution is -2.69. The number of alkyl halides is 1. The maximum absolute atomic E-state index is 17.1. The van der Waals surface area contributed by atoms with E-state index in [1.165, 1.54) is 12.2 Å². The average Bonchev–Trinajstić information content (AvgIpc) is 2.99. The van der Waals surface area contributed by atoms with Crippen molar-refractivity contribution in [1.82, 2.24) is 0 Å². The lowest BCUT2D eigenvalue weighted by molar-refractivity contribution is -0.220. The summed E-state index contributed by atoms with van der Waals surface area (Å²) in [6.45, 7) is 4.38. The van der Waals surface area contributed by atoms with E-state index < -0.39 is 83.1 Å². The van der Waals surface area contributed by atoms with Crippen molar-refractivity contribution in [2.75, 3.05) is 6.61 Å². The van der Waals surface area contributed by atoms with Crippen LogP contribution in [0, 0.1) is 28.6 Å². The van der Waals surface area contributed by atoms with Gasteiger partial charge in [-0.1, -0.05) is 25.5 Å². The van der Waals surface area contributed by atoms with Gasteiger partial charge in [0.05, 0.1) is 18.9 Å². The third kappa shape index (κ3) is 3.45. The van der Waals surface area contributed by atoms with Gasteiger partial charge in [0, 0.05) is 16.7 Å². The molecule has 0 saturated heterocycles. The second-order valence-electron chi connectivity index (χ2n) is 11.1. The van der Waals surface area contributed by atoms with E-state index in [-0.39, 0.29) is 12.2 Å². The first-order chi connectivity index (χ1) is 16.2. The van der Waals surface area contributed by atoms with E-state index in [0.29, 0.717) is 24.8 Å². The van der Waals surface area contributed by atoms with E-state index in [1.54, 1.807) is 26.8 Å². The molecule has 0 aromatic carbocycles. The molecule has 0 bridgehead atoms. The number of ether oxygens (including phenoxy) is 1. The number of hydrogen-bond acceptors (Lipinski definition) is 7. The molecule has 8 nitrogen and oxygen atoms in total. The Morgan fingerprint density at radius 2 is 1.89 bits per heavy atom. The Morgan fingerprint density at radius 3 is 2.54 bits per heavy atom. The molecule has 0 radical (unpaired) electrons. The number of aliphatic hydroxyl groups excluding tert-OH is 1. The molecule has 0 heterocycles. The predicted molar refractivity (Wildman–Crippen MR) is 121 cm³/mol. The summed E-state index contributed by atoms with van der Waals surface area (Å²) in [6, 6.07) is 0. The molecule has 4 aliphatic rings. The van der Waals surface area contributed by atoms with Crippen molar-refractivity contribution in [1.29, 1.82) is 0 Å². The third-order valence-electron chi connectivity index (χ3n) is 9.55. The zero-order valence-corrected chi connectivity index (χ0v) is 20.3. The van der Waals surface area contributed by atoms with Crippen LogP contribution in [0.2, 0.25) is 0 Å². The summed E-state index contributed by atoms with van der Waals surface area (Å²) >= 11 is 0. The van der Waals surface area contributed by atoms with Crippen LogP contribution in [0.4, 0.5) is 4.39 Å². The van der Waals surface area contributed by atoms with Crippen molar-refractivity contribution in [3.8, 4) is 0 Å². The fraction of sp³-hybridized carbons (Fsp3) is 0.692. The number of aliphatic hydroxyl groups is 2. The highest BCUT2D eigenvalue weighted by Crippen LogP contribution is 2.70. The smallest absolute Gasteiger partial charge is 0.306 e. The van der Waals surface area contributed by atoms with Gasteiger partial charge >= 0.3 is 11.9 Å². The molecular formula is C26H33FO8. The number of allylic oxidation sites excluding steroid dienone is 4. The summed E-state index contributed by atoms with van der Waals surface area (Å²) < 4.78 is 22.1. The molecule has 0 aliphatic heterocycles. The largest absolute Gasteiger partial charge is 0.481 e. The molecule has 9 heteroatoms. The standard InChI is InChI=1S/C26H33FO8/c1-14-10-18-17-5-4-15-11-16(28)8-9-23(15,2)25(17,27)19(29)12-24(18,3)26(14,34)20(30)13-35-22(33)7-6-21(31)32/h8-9,11,14,17-19,29,34H,4-7,10,12-13H2,1-3H3,(H,31,32). The number of Topliss-reactive ketones (excluding diaryl/α,β-unsaturated/α-hetero) is 1. The minimum Gasteiger partial charge on any atom is -0.481 e.